The fourth-order valence-corrected chi connectivity index (χ4v) is 2.75. The highest BCUT2D eigenvalue weighted by Crippen LogP contribution is 2.28. The molecule has 2 aromatic carbocycles. The van der Waals surface area contributed by atoms with E-state index < -0.39 is 0 Å². The predicted octanol–water partition coefficient (Wildman–Crippen LogP) is 4.31. The van der Waals surface area contributed by atoms with Crippen molar-refractivity contribution < 1.29 is 4.79 Å². The summed E-state index contributed by atoms with van der Waals surface area (Å²) >= 11 is 13.2. The third-order valence-corrected chi connectivity index (χ3v) is 4.12. The van der Waals surface area contributed by atoms with Crippen molar-refractivity contribution in [3.8, 4) is 0 Å². The number of carbonyl (C=O) groups is 1. The van der Waals surface area contributed by atoms with E-state index in [4.69, 9.17) is 28.9 Å². The van der Waals surface area contributed by atoms with Crippen LogP contribution in [0.4, 0.5) is 11.4 Å². The molecule has 0 spiro atoms. The molecule has 0 unspecified atom stereocenters. The van der Waals surface area contributed by atoms with E-state index in [1.54, 1.807) is 36.4 Å². The van der Waals surface area contributed by atoms with E-state index in [-0.39, 0.29) is 11.7 Å². The molecule has 20 heavy (non-hydrogen) atoms. The van der Waals surface area contributed by atoms with Crippen LogP contribution >= 0.6 is 35.0 Å². The van der Waals surface area contributed by atoms with Crippen molar-refractivity contribution in [2.24, 2.45) is 0 Å². The zero-order valence-corrected chi connectivity index (χ0v) is 12.7. The third kappa shape index (κ3) is 4.07. The van der Waals surface area contributed by atoms with Gasteiger partial charge in [0.1, 0.15) is 0 Å². The maximum absolute atomic E-state index is 11.9. The molecule has 0 aliphatic carbocycles. The zero-order chi connectivity index (χ0) is 14.5. The van der Waals surface area contributed by atoms with Gasteiger partial charge in [-0.1, -0.05) is 35.3 Å². The number of benzene rings is 2. The maximum atomic E-state index is 11.9. The molecule has 3 nitrogen and oxygen atoms in total. The number of anilines is 2. The molecule has 1 amide bonds. The number of nitrogen functional groups attached to an aromatic ring is 1. The lowest BCUT2D eigenvalue weighted by molar-refractivity contribution is -0.113. The van der Waals surface area contributed by atoms with E-state index in [0.29, 0.717) is 21.4 Å². The zero-order valence-electron chi connectivity index (χ0n) is 10.4. The number of hydrogen-bond acceptors (Lipinski definition) is 3. The van der Waals surface area contributed by atoms with Gasteiger partial charge in [-0.25, -0.2) is 0 Å². The van der Waals surface area contributed by atoms with E-state index >= 15 is 0 Å². The number of thioether (sulfide) groups is 1. The standard InChI is InChI=1S/C14H12Cl2N2OS/c15-9-5-6-11(17)13(7-9)20-8-14(19)18-12-4-2-1-3-10(12)16/h1-7H,8,17H2,(H,18,19). The summed E-state index contributed by atoms with van der Waals surface area (Å²) in [4.78, 5) is 12.7. The monoisotopic (exact) mass is 326 g/mol. The molecule has 0 saturated carbocycles. The van der Waals surface area contributed by atoms with Crippen LogP contribution < -0.4 is 11.1 Å². The van der Waals surface area contributed by atoms with Crippen LogP contribution in [-0.4, -0.2) is 11.7 Å². The van der Waals surface area contributed by atoms with Gasteiger partial charge < -0.3 is 11.1 Å². The first-order valence-corrected chi connectivity index (χ1v) is 7.52. The molecule has 0 saturated heterocycles. The van der Waals surface area contributed by atoms with Crippen molar-refractivity contribution >= 4 is 52.2 Å². The second-order valence-electron chi connectivity index (χ2n) is 4.00. The molecule has 0 fully saturated rings. The van der Waals surface area contributed by atoms with E-state index in [2.05, 4.69) is 5.32 Å². The molecule has 0 aliphatic rings. The van der Waals surface area contributed by atoms with E-state index in [1.165, 1.54) is 11.8 Å². The minimum atomic E-state index is -0.150. The minimum absolute atomic E-state index is 0.150. The van der Waals surface area contributed by atoms with Crippen LogP contribution in [0.5, 0.6) is 0 Å². The molecule has 0 bridgehead atoms. The number of rotatable bonds is 4. The molecule has 6 heteroatoms. The second kappa shape index (κ2) is 6.88. The summed E-state index contributed by atoms with van der Waals surface area (Å²) in [5.74, 6) is 0.0814. The van der Waals surface area contributed by atoms with Crippen molar-refractivity contribution in [2.45, 2.75) is 4.90 Å². The summed E-state index contributed by atoms with van der Waals surface area (Å²) in [7, 11) is 0. The van der Waals surface area contributed by atoms with Crippen LogP contribution in [-0.2, 0) is 4.79 Å². The van der Waals surface area contributed by atoms with E-state index in [9.17, 15) is 4.79 Å². The van der Waals surface area contributed by atoms with Crippen LogP contribution in [0.25, 0.3) is 0 Å². The first-order valence-electron chi connectivity index (χ1n) is 5.78. The Morgan fingerprint density at radius 1 is 1.20 bits per heavy atom. The lowest BCUT2D eigenvalue weighted by atomic mass is 10.3. The van der Waals surface area contributed by atoms with Gasteiger partial charge in [0.2, 0.25) is 5.91 Å². The average molecular weight is 327 g/mol. The Morgan fingerprint density at radius 3 is 2.70 bits per heavy atom. The van der Waals surface area contributed by atoms with Crippen LogP contribution in [0, 0.1) is 0 Å². The average Bonchev–Trinajstić information content (AvgIpc) is 2.42. The van der Waals surface area contributed by atoms with Gasteiger partial charge in [-0.3, -0.25) is 4.79 Å². The number of carbonyl (C=O) groups excluding carboxylic acids is 1. The number of amides is 1. The largest absolute Gasteiger partial charge is 0.398 e. The number of nitrogens with two attached hydrogens (primary N) is 1. The fraction of sp³-hybridized carbons (Fsp3) is 0.0714. The SMILES string of the molecule is Nc1ccc(Cl)cc1SCC(=O)Nc1ccccc1Cl. The number of nitrogens with one attached hydrogen (secondary N) is 1. The Hall–Kier alpha value is -1.36. The molecule has 0 atom stereocenters. The topological polar surface area (TPSA) is 55.1 Å². The van der Waals surface area contributed by atoms with Gasteiger partial charge in [0.15, 0.2) is 0 Å². The van der Waals surface area contributed by atoms with E-state index in [1.807, 2.05) is 6.07 Å². The molecule has 0 radical (unpaired) electrons. The lowest BCUT2D eigenvalue weighted by Gasteiger charge is -2.08. The van der Waals surface area contributed by atoms with E-state index in [0.717, 1.165) is 4.90 Å². The Kier molecular flexibility index (Phi) is 5.17. The second-order valence-corrected chi connectivity index (χ2v) is 5.86. The Morgan fingerprint density at radius 2 is 1.95 bits per heavy atom. The molecule has 0 aliphatic heterocycles. The van der Waals surface area contributed by atoms with Crippen LogP contribution in [0.1, 0.15) is 0 Å². The van der Waals surface area contributed by atoms with Crippen molar-refractivity contribution in [2.75, 3.05) is 16.8 Å². The molecular formula is C14H12Cl2N2OS. The van der Waals surface area contributed by atoms with Gasteiger partial charge in [-0.15, -0.1) is 11.8 Å². The Bertz CT molecular complexity index is 634. The maximum Gasteiger partial charge on any atom is 0.234 e. The summed E-state index contributed by atoms with van der Waals surface area (Å²) in [6.07, 6.45) is 0. The van der Waals surface area contributed by atoms with Crippen molar-refractivity contribution in [1.29, 1.82) is 0 Å². The molecule has 3 N–H and O–H groups in total. The van der Waals surface area contributed by atoms with Crippen LogP contribution in [0.2, 0.25) is 10.0 Å². The van der Waals surface area contributed by atoms with Gasteiger partial charge >= 0.3 is 0 Å². The Balaban J connectivity index is 1.96. The van der Waals surface area contributed by atoms with Crippen LogP contribution in [0.15, 0.2) is 47.4 Å². The summed E-state index contributed by atoms with van der Waals surface area (Å²) in [6.45, 7) is 0. The quantitative estimate of drug-likeness (QED) is 0.650. The van der Waals surface area contributed by atoms with Gasteiger partial charge in [0.25, 0.3) is 0 Å². The first kappa shape index (κ1) is 15.0. The molecule has 0 heterocycles. The lowest BCUT2D eigenvalue weighted by Crippen LogP contribution is -2.14. The molecule has 0 aromatic heterocycles. The normalized spacial score (nSPS) is 10.3. The summed E-state index contributed by atoms with van der Waals surface area (Å²) in [6, 6.07) is 12.3. The van der Waals surface area contributed by atoms with Gasteiger partial charge in [0.05, 0.1) is 16.5 Å². The number of hydrogen-bond donors (Lipinski definition) is 2. The number of para-hydroxylation sites is 1. The van der Waals surface area contributed by atoms with Crippen molar-refractivity contribution in [3.05, 3.63) is 52.5 Å². The molecule has 104 valence electrons. The molecule has 2 rings (SSSR count). The highest BCUT2D eigenvalue weighted by Gasteiger charge is 2.08. The Labute approximate surface area is 131 Å². The molecular weight excluding hydrogens is 315 g/mol. The van der Waals surface area contributed by atoms with Crippen molar-refractivity contribution in [1.82, 2.24) is 0 Å². The first-order chi connectivity index (χ1) is 9.56. The van der Waals surface area contributed by atoms with Gasteiger partial charge in [-0.2, -0.15) is 0 Å². The smallest absolute Gasteiger partial charge is 0.234 e. The summed E-state index contributed by atoms with van der Waals surface area (Å²) in [5, 5.41) is 3.85. The summed E-state index contributed by atoms with van der Waals surface area (Å²) in [5.41, 5.74) is 7.02. The van der Waals surface area contributed by atoms with Gasteiger partial charge in [0, 0.05) is 15.6 Å². The molecule has 2 aromatic rings. The predicted molar refractivity (Wildman–Crippen MR) is 86.7 cm³/mol. The minimum Gasteiger partial charge on any atom is -0.398 e. The highest BCUT2D eigenvalue weighted by atomic mass is 35.5. The van der Waals surface area contributed by atoms with Crippen LogP contribution in [0.3, 0.4) is 0 Å². The van der Waals surface area contributed by atoms with Crippen molar-refractivity contribution in [3.63, 3.8) is 0 Å². The highest BCUT2D eigenvalue weighted by molar-refractivity contribution is 8.00. The van der Waals surface area contributed by atoms with Gasteiger partial charge in [-0.05, 0) is 30.3 Å². The third-order valence-electron chi connectivity index (χ3n) is 2.48. The summed E-state index contributed by atoms with van der Waals surface area (Å²) < 4.78 is 0. The number of halogens is 2. The fourth-order valence-electron chi connectivity index (χ4n) is 1.53.